The molecule has 11 heteroatoms. The average molecular weight is 509 g/mol. The molecule has 194 valence electrons. The number of carbonyl (C=O) groups is 1. The molecule has 1 aliphatic heterocycles. The van der Waals surface area contributed by atoms with Gasteiger partial charge in [-0.2, -0.15) is 4.31 Å². The van der Waals surface area contributed by atoms with Crippen LogP contribution in [0.4, 0.5) is 5.69 Å². The summed E-state index contributed by atoms with van der Waals surface area (Å²) in [4.78, 5) is 16.9. The Morgan fingerprint density at radius 2 is 1.94 bits per heavy atom. The molecule has 1 aromatic heterocycles. The van der Waals surface area contributed by atoms with Crippen LogP contribution < -0.4 is 9.64 Å². The highest BCUT2D eigenvalue weighted by atomic mass is 32.2. The Morgan fingerprint density at radius 3 is 2.51 bits per heavy atom. The number of ether oxygens (including phenoxy) is 1. The number of fused-ring (bicyclic) bond motifs is 1. The van der Waals surface area contributed by atoms with Crippen LogP contribution in [0.15, 0.2) is 27.6 Å². The maximum absolute atomic E-state index is 13.3. The Hall–Kier alpha value is -2.63. The number of aliphatic hydroxyl groups excluding tert-OH is 1. The van der Waals surface area contributed by atoms with Crippen molar-refractivity contribution in [1.82, 2.24) is 14.4 Å². The normalized spacial score (nSPS) is 20.0. The van der Waals surface area contributed by atoms with Crippen LogP contribution in [0.2, 0.25) is 0 Å². The van der Waals surface area contributed by atoms with Gasteiger partial charge in [0.1, 0.15) is 22.4 Å². The SMILES string of the molecule is Cc1noc(C)c1S(=O)(=O)N(C)C[C@@H]1Oc2ccc(N(C)C)cc2CC(=O)N([C@@H](C)CO)C[C@@H]1C. The number of anilines is 1. The molecular formula is C24H36N4O6S. The molecule has 3 rings (SSSR count). The van der Waals surface area contributed by atoms with Gasteiger partial charge in [-0.15, -0.1) is 0 Å². The van der Waals surface area contributed by atoms with E-state index in [9.17, 15) is 18.3 Å². The Kier molecular flexibility index (Phi) is 8.13. The summed E-state index contributed by atoms with van der Waals surface area (Å²) >= 11 is 0. The molecule has 1 N–H and O–H groups in total. The van der Waals surface area contributed by atoms with Crippen molar-refractivity contribution in [2.24, 2.45) is 5.92 Å². The van der Waals surface area contributed by atoms with Crippen LogP contribution in [-0.4, -0.2) is 86.8 Å². The van der Waals surface area contributed by atoms with Gasteiger partial charge in [-0.1, -0.05) is 12.1 Å². The van der Waals surface area contributed by atoms with E-state index in [0.717, 1.165) is 5.69 Å². The van der Waals surface area contributed by atoms with Gasteiger partial charge in [0.2, 0.25) is 15.9 Å². The summed E-state index contributed by atoms with van der Waals surface area (Å²) < 4.78 is 39.4. The number of aromatic nitrogens is 1. The van der Waals surface area contributed by atoms with E-state index in [2.05, 4.69) is 5.16 Å². The van der Waals surface area contributed by atoms with E-state index in [1.54, 1.807) is 25.7 Å². The predicted octanol–water partition coefficient (Wildman–Crippen LogP) is 1.83. The lowest BCUT2D eigenvalue weighted by Gasteiger charge is -2.33. The number of benzene rings is 1. The van der Waals surface area contributed by atoms with Crippen molar-refractivity contribution in [3.63, 3.8) is 0 Å². The molecule has 1 aromatic carbocycles. The number of sulfonamides is 1. The van der Waals surface area contributed by atoms with Crippen LogP contribution in [0.3, 0.4) is 0 Å². The Morgan fingerprint density at radius 1 is 1.26 bits per heavy atom. The van der Waals surface area contributed by atoms with Gasteiger partial charge in [-0.25, -0.2) is 8.42 Å². The summed E-state index contributed by atoms with van der Waals surface area (Å²) in [6, 6.07) is 5.26. The van der Waals surface area contributed by atoms with Crippen LogP contribution in [0, 0.1) is 19.8 Å². The zero-order valence-corrected chi connectivity index (χ0v) is 22.3. The molecule has 10 nitrogen and oxygen atoms in total. The van der Waals surface area contributed by atoms with Crippen LogP contribution >= 0.6 is 0 Å². The molecule has 1 aliphatic rings. The molecule has 0 radical (unpaired) electrons. The lowest BCUT2D eigenvalue weighted by atomic mass is 10.0. The van der Waals surface area contributed by atoms with E-state index >= 15 is 0 Å². The third kappa shape index (κ3) is 5.62. The topological polar surface area (TPSA) is 116 Å². The fourth-order valence-corrected chi connectivity index (χ4v) is 5.73. The number of likely N-dealkylation sites (N-methyl/N-ethyl adjacent to an activating group) is 1. The quantitative estimate of drug-likeness (QED) is 0.602. The molecule has 0 saturated heterocycles. The first kappa shape index (κ1) is 27.0. The van der Waals surface area contributed by atoms with Crippen molar-refractivity contribution in [3.8, 4) is 5.75 Å². The van der Waals surface area contributed by atoms with E-state index in [-0.39, 0.29) is 48.1 Å². The summed E-state index contributed by atoms with van der Waals surface area (Å²) in [6.07, 6.45) is -0.438. The van der Waals surface area contributed by atoms with Crippen LogP contribution in [0.25, 0.3) is 0 Å². The second kappa shape index (κ2) is 10.5. The monoisotopic (exact) mass is 508 g/mol. The number of amides is 1. The summed E-state index contributed by atoms with van der Waals surface area (Å²) in [6.45, 7) is 7.08. The fourth-order valence-electron chi connectivity index (χ4n) is 4.26. The van der Waals surface area contributed by atoms with Crippen LogP contribution in [0.5, 0.6) is 5.75 Å². The second-order valence-corrected chi connectivity index (χ2v) is 11.5. The minimum atomic E-state index is -3.88. The van der Waals surface area contributed by atoms with E-state index < -0.39 is 16.1 Å². The molecule has 1 amide bonds. The third-order valence-corrected chi connectivity index (χ3v) is 8.56. The highest BCUT2D eigenvalue weighted by Crippen LogP contribution is 2.31. The number of hydrogen-bond donors (Lipinski definition) is 1. The predicted molar refractivity (Wildman–Crippen MR) is 132 cm³/mol. The number of hydrogen-bond acceptors (Lipinski definition) is 8. The van der Waals surface area contributed by atoms with Crippen LogP contribution in [-0.2, 0) is 21.2 Å². The minimum absolute atomic E-state index is 0.0532. The standard InChI is InChI=1S/C24H36N4O6S/c1-15-12-28(16(2)14-29)23(30)11-19-10-20(26(5)6)8-9-21(19)33-22(15)13-27(7)35(31,32)24-17(3)25-34-18(24)4/h8-10,15-16,22,29H,11-14H2,1-7H3/t15-,16-,22-/m0/s1. The van der Waals surface area contributed by atoms with Crippen molar-refractivity contribution < 1.29 is 27.6 Å². The van der Waals surface area contributed by atoms with E-state index in [0.29, 0.717) is 23.6 Å². The van der Waals surface area contributed by atoms with Crippen molar-refractivity contribution in [3.05, 3.63) is 35.2 Å². The number of carbonyl (C=O) groups excluding carboxylic acids is 1. The molecule has 0 bridgehead atoms. The van der Waals surface area contributed by atoms with Crippen molar-refractivity contribution in [2.75, 3.05) is 45.7 Å². The highest BCUT2D eigenvalue weighted by Gasteiger charge is 2.35. The Balaban J connectivity index is 2.00. The first-order valence-electron chi connectivity index (χ1n) is 11.6. The van der Waals surface area contributed by atoms with E-state index in [1.807, 2.05) is 44.1 Å². The molecular weight excluding hydrogens is 472 g/mol. The molecule has 0 aliphatic carbocycles. The summed E-state index contributed by atoms with van der Waals surface area (Å²) in [5, 5.41) is 13.6. The molecule has 2 heterocycles. The number of aryl methyl sites for hydroxylation is 2. The molecule has 0 spiro atoms. The van der Waals surface area contributed by atoms with Gasteiger partial charge in [-0.3, -0.25) is 4.79 Å². The van der Waals surface area contributed by atoms with Gasteiger partial charge < -0.3 is 24.2 Å². The third-order valence-electron chi connectivity index (χ3n) is 6.49. The van der Waals surface area contributed by atoms with E-state index in [1.165, 1.54) is 11.4 Å². The zero-order valence-electron chi connectivity index (χ0n) is 21.5. The summed E-state index contributed by atoms with van der Waals surface area (Å²) in [5.74, 6) is 0.432. The average Bonchev–Trinajstić information content (AvgIpc) is 3.16. The van der Waals surface area contributed by atoms with Gasteiger partial charge in [-0.05, 0) is 39.0 Å². The molecule has 0 unspecified atom stereocenters. The van der Waals surface area contributed by atoms with Gasteiger partial charge >= 0.3 is 0 Å². The molecule has 35 heavy (non-hydrogen) atoms. The van der Waals surface area contributed by atoms with Crippen molar-refractivity contribution in [2.45, 2.75) is 51.2 Å². The van der Waals surface area contributed by atoms with Gasteiger partial charge in [0.05, 0.1) is 25.6 Å². The van der Waals surface area contributed by atoms with E-state index in [4.69, 9.17) is 9.26 Å². The highest BCUT2D eigenvalue weighted by molar-refractivity contribution is 7.89. The number of nitrogens with zero attached hydrogens (tertiary/aromatic N) is 4. The maximum atomic E-state index is 13.3. The molecule has 0 saturated carbocycles. The second-order valence-electron chi connectivity index (χ2n) is 9.51. The Labute approximate surface area is 207 Å². The number of aliphatic hydroxyl groups is 1. The lowest BCUT2D eigenvalue weighted by Crippen LogP contribution is -2.48. The maximum Gasteiger partial charge on any atom is 0.248 e. The summed E-state index contributed by atoms with van der Waals surface area (Å²) in [5.41, 5.74) is 1.93. The lowest BCUT2D eigenvalue weighted by molar-refractivity contribution is -0.134. The molecule has 3 atom stereocenters. The first-order valence-corrected chi connectivity index (χ1v) is 13.1. The minimum Gasteiger partial charge on any atom is -0.488 e. The smallest absolute Gasteiger partial charge is 0.248 e. The zero-order chi connectivity index (χ0) is 26.1. The van der Waals surface area contributed by atoms with Gasteiger partial charge in [0.15, 0.2) is 5.76 Å². The number of rotatable bonds is 7. The largest absolute Gasteiger partial charge is 0.488 e. The Bertz CT molecular complexity index is 1140. The molecule has 2 aromatic rings. The van der Waals surface area contributed by atoms with Gasteiger partial charge in [0.25, 0.3) is 0 Å². The fraction of sp³-hybridized carbons (Fsp3) is 0.583. The van der Waals surface area contributed by atoms with Crippen molar-refractivity contribution in [1.29, 1.82) is 0 Å². The summed E-state index contributed by atoms with van der Waals surface area (Å²) in [7, 11) is 1.45. The molecule has 0 fully saturated rings. The first-order chi connectivity index (χ1) is 16.4. The van der Waals surface area contributed by atoms with Crippen LogP contribution in [0.1, 0.15) is 30.9 Å². The van der Waals surface area contributed by atoms with Crippen molar-refractivity contribution >= 4 is 21.6 Å². The van der Waals surface area contributed by atoms with Gasteiger partial charge in [0, 0.05) is 44.9 Å².